The van der Waals surface area contributed by atoms with Gasteiger partial charge in [0.25, 0.3) is 10.2 Å². The van der Waals surface area contributed by atoms with E-state index in [1.54, 1.807) is 10.5 Å². The lowest BCUT2D eigenvalue weighted by Gasteiger charge is -2.36. The SMILES string of the molecule is CCN(CC)S(=O)(=O)N1CCCC[C@@H]1c1ccn[nH]1. The third kappa shape index (κ3) is 2.82. The highest BCUT2D eigenvalue weighted by atomic mass is 32.2. The standard InChI is InChI=1S/C12H22N4O2S/c1-3-15(4-2)19(17,18)16-10-6-5-7-12(16)11-8-9-13-14-11/h8-9,12H,3-7,10H2,1-2H3,(H,13,14)/t12-/m1/s1. The van der Waals surface area contributed by atoms with Crippen LogP contribution in [0.15, 0.2) is 12.3 Å². The zero-order valence-corrected chi connectivity index (χ0v) is 12.4. The Morgan fingerprint density at radius 3 is 2.74 bits per heavy atom. The molecule has 1 atom stereocenters. The zero-order valence-electron chi connectivity index (χ0n) is 11.5. The van der Waals surface area contributed by atoms with Crippen LogP contribution in [0.1, 0.15) is 44.8 Å². The first-order valence-corrected chi connectivity index (χ1v) is 8.27. The molecule has 6 nitrogen and oxygen atoms in total. The summed E-state index contributed by atoms with van der Waals surface area (Å²) in [4.78, 5) is 0. The van der Waals surface area contributed by atoms with Gasteiger partial charge in [0.1, 0.15) is 0 Å². The van der Waals surface area contributed by atoms with Crippen LogP contribution in [0, 0.1) is 0 Å². The highest BCUT2D eigenvalue weighted by Crippen LogP contribution is 2.32. The molecule has 1 saturated heterocycles. The summed E-state index contributed by atoms with van der Waals surface area (Å²) < 4.78 is 28.5. The minimum atomic E-state index is -3.38. The van der Waals surface area contributed by atoms with Crippen molar-refractivity contribution in [1.82, 2.24) is 18.8 Å². The van der Waals surface area contributed by atoms with Gasteiger partial charge in [-0.3, -0.25) is 5.10 Å². The van der Waals surface area contributed by atoms with Crippen molar-refractivity contribution in [2.75, 3.05) is 19.6 Å². The van der Waals surface area contributed by atoms with Crippen LogP contribution >= 0.6 is 0 Å². The molecule has 1 fully saturated rings. The number of nitrogens with one attached hydrogen (secondary N) is 1. The van der Waals surface area contributed by atoms with Crippen LogP contribution in [-0.2, 0) is 10.2 Å². The van der Waals surface area contributed by atoms with Crippen molar-refractivity contribution in [1.29, 1.82) is 0 Å². The Labute approximate surface area is 115 Å². The first-order valence-electron chi connectivity index (χ1n) is 6.87. The van der Waals surface area contributed by atoms with Gasteiger partial charge in [0, 0.05) is 25.8 Å². The second kappa shape index (κ2) is 6.02. The van der Waals surface area contributed by atoms with Gasteiger partial charge in [-0.05, 0) is 18.9 Å². The molecule has 0 aliphatic carbocycles. The molecule has 1 aromatic rings. The fourth-order valence-electron chi connectivity index (χ4n) is 2.64. The molecule has 2 rings (SSSR count). The van der Waals surface area contributed by atoms with E-state index in [-0.39, 0.29) is 6.04 Å². The smallest absolute Gasteiger partial charge is 0.281 e. The molecule has 2 heterocycles. The van der Waals surface area contributed by atoms with Crippen molar-refractivity contribution in [2.45, 2.75) is 39.2 Å². The van der Waals surface area contributed by atoms with Gasteiger partial charge in [-0.2, -0.15) is 22.1 Å². The number of nitrogens with zero attached hydrogens (tertiary/aromatic N) is 3. The van der Waals surface area contributed by atoms with Crippen LogP contribution in [-0.4, -0.2) is 46.9 Å². The summed E-state index contributed by atoms with van der Waals surface area (Å²) in [7, 11) is -3.38. The number of aromatic amines is 1. The van der Waals surface area contributed by atoms with E-state index in [1.165, 1.54) is 4.31 Å². The Balaban J connectivity index is 2.29. The van der Waals surface area contributed by atoms with Crippen LogP contribution in [0.5, 0.6) is 0 Å². The second-order valence-electron chi connectivity index (χ2n) is 4.73. The van der Waals surface area contributed by atoms with Crippen molar-refractivity contribution < 1.29 is 8.42 Å². The Kier molecular flexibility index (Phi) is 4.59. The van der Waals surface area contributed by atoms with E-state index < -0.39 is 10.2 Å². The van der Waals surface area contributed by atoms with Crippen LogP contribution in [0.25, 0.3) is 0 Å². The van der Waals surface area contributed by atoms with Gasteiger partial charge in [0.15, 0.2) is 0 Å². The number of H-pyrrole nitrogens is 1. The molecule has 1 aliphatic rings. The predicted molar refractivity (Wildman–Crippen MR) is 73.7 cm³/mol. The van der Waals surface area contributed by atoms with Crippen LogP contribution in [0.4, 0.5) is 0 Å². The molecule has 0 bridgehead atoms. The van der Waals surface area contributed by atoms with Gasteiger partial charge in [-0.15, -0.1) is 0 Å². The normalized spacial score (nSPS) is 21.9. The highest BCUT2D eigenvalue weighted by Gasteiger charge is 2.36. The fourth-order valence-corrected chi connectivity index (χ4v) is 4.49. The molecule has 0 spiro atoms. The van der Waals surface area contributed by atoms with Crippen molar-refractivity contribution in [3.63, 3.8) is 0 Å². The molecule has 108 valence electrons. The van der Waals surface area contributed by atoms with E-state index in [2.05, 4.69) is 10.2 Å². The maximum absolute atomic E-state index is 12.7. The maximum atomic E-state index is 12.7. The summed E-state index contributed by atoms with van der Waals surface area (Å²) in [5.41, 5.74) is 0.885. The Bertz CT molecular complexity index is 482. The van der Waals surface area contributed by atoms with Crippen molar-refractivity contribution >= 4 is 10.2 Å². The number of hydrogen-bond acceptors (Lipinski definition) is 3. The lowest BCUT2D eigenvalue weighted by Crippen LogP contribution is -2.47. The number of aromatic nitrogens is 2. The number of rotatable bonds is 5. The van der Waals surface area contributed by atoms with Gasteiger partial charge >= 0.3 is 0 Å². The first-order chi connectivity index (χ1) is 9.11. The maximum Gasteiger partial charge on any atom is 0.282 e. The summed E-state index contributed by atoms with van der Waals surface area (Å²) in [6.45, 7) is 5.34. The Morgan fingerprint density at radius 1 is 1.42 bits per heavy atom. The average molecular weight is 286 g/mol. The summed E-state index contributed by atoms with van der Waals surface area (Å²) in [5.74, 6) is 0. The van der Waals surface area contributed by atoms with E-state index >= 15 is 0 Å². The molecule has 0 aromatic carbocycles. The molecule has 19 heavy (non-hydrogen) atoms. The molecule has 1 N–H and O–H groups in total. The average Bonchev–Trinajstić information content (AvgIpc) is 2.93. The third-order valence-corrected chi connectivity index (χ3v) is 5.86. The monoisotopic (exact) mass is 286 g/mol. The van der Waals surface area contributed by atoms with Gasteiger partial charge in [-0.25, -0.2) is 0 Å². The summed E-state index contributed by atoms with van der Waals surface area (Å²) in [6, 6.07) is 1.75. The summed E-state index contributed by atoms with van der Waals surface area (Å²) in [5, 5.41) is 6.85. The largest absolute Gasteiger partial charge is 0.282 e. The van der Waals surface area contributed by atoms with Crippen molar-refractivity contribution in [2.24, 2.45) is 0 Å². The molecular formula is C12H22N4O2S. The van der Waals surface area contributed by atoms with Crippen molar-refractivity contribution in [3.8, 4) is 0 Å². The third-order valence-electron chi connectivity index (χ3n) is 3.66. The van der Waals surface area contributed by atoms with E-state index in [9.17, 15) is 8.42 Å². The minimum absolute atomic E-state index is 0.109. The zero-order chi connectivity index (χ0) is 13.9. The summed E-state index contributed by atoms with van der Waals surface area (Å²) >= 11 is 0. The van der Waals surface area contributed by atoms with E-state index in [1.807, 2.05) is 19.9 Å². The van der Waals surface area contributed by atoms with E-state index in [0.29, 0.717) is 19.6 Å². The van der Waals surface area contributed by atoms with E-state index in [4.69, 9.17) is 0 Å². The molecular weight excluding hydrogens is 264 g/mol. The van der Waals surface area contributed by atoms with Crippen LogP contribution in [0.2, 0.25) is 0 Å². The van der Waals surface area contributed by atoms with Gasteiger partial charge in [0.2, 0.25) is 0 Å². The quantitative estimate of drug-likeness (QED) is 0.892. The molecule has 0 unspecified atom stereocenters. The van der Waals surface area contributed by atoms with Gasteiger partial charge in [0.05, 0.1) is 11.7 Å². The summed E-state index contributed by atoms with van der Waals surface area (Å²) in [6.07, 6.45) is 4.49. The Hall–Kier alpha value is -0.920. The topological polar surface area (TPSA) is 69.3 Å². The molecule has 0 saturated carbocycles. The van der Waals surface area contributed by atoms with Crippen LogP contribution in [0.3, 0.4) is 0 Å². The molecule has 1 aromatic heterocycles. The first kappa shape index (κ1) is 14.5. The van der Waals surface area contributed by atoms with E-state index in [0.717, 1.165) is 25.0 Å². The Morgan fingerprint density at radius 2 is 2.16 bits per heavy atom. The second-order valence-corrected chi connectivity index (χ2v) is 6.61. The predicted octanol–water partition coefficient (Wildman–Crippen LogP) is 1.52. The fraction of sp³-hybridized carbons (Fsp3) is 0.750. The van der Waals surface area contributed by atoms with Crippen LogP contribution < -0.4 is 0 Å². The molecule has 1 aliphatic heterocycles. The minimum Gasteiger partial charge on any atom is -0.281 e. The lowest BCUT2D eigenvalue weighted by atomic mass is 10.0. The number of hydrogen-bond donors (Lipinski definition) is 1. The van der Waals surface area contributed by atoms with Crippen molar-refractivity contribution in [3.05, 3.63) is 18.0 Å². The number of piperidine rings is 1. The molecule has 0 radical (unpaired) electrons. The van der Waals surface area contributed by atoms with Gasteiger partial charge < -0.3 is 0 Å². The molecule has 7 heteroatoms. The highest BCUT2D eigenvalue weighted by molar-refractivity contribution is 7.86. The molecule has 0 amide bonds. The lowest BCUT2D eigenvalue weighted by molar-refractivity contribution is 0.232. The van der Waals surface area contributed by atoms with Gasteiger partial charge in [-0.1, -0.05) is 20.3 Å².